The van der Waals surface area contributed by atoms with Crippen LogP contribution in [0, 0.1) is 12.3 Å². The van der Waals surface area contributed by atoms with Gasteiger partial charge in [0.2, 0.25) is 0 Å². The van der Waals surface area contributed by atoms with E-state index in [4.69, 9.17) is 16.2 Å². The summed E-state index contributed by atoms with van der Waals surface area (Å²) in [6.07, 6.45) is 6.13. The molecule has 168 valence electrons. The summed E-state index contributed by atoms with van der Waals surface area (Å²) < 4.78 is 7.94. The van der Waals surface area contributed by atoms with E-state index >= 15 is 0 Å². The van der Waals surface area contributed by atoms with Gasteiger partial charge in [-0.05, 0) is 37.5 Å². The smallest absolute Gasteiger partial charge is 0.180 e. The molecule has 1 aliphatic carbocycles. The van der Waals surface area contributed by atoms with E-state index in [0.29, 0.717) is 36.0 Å². The minimum atomic E-state index is -0.948. The molecule has 1 saturated carbocycles. The highest BCUT2D eigenvalue weighted by Gasteiger charge is 2.57. The molecular weight excluding hydrogens is 428 g/mol. The predicted molar refractivity (Wildman–Crippen MR) is 124 cm³/mol. The number of aromatic nitrogens is 4. The SMILES string of the molecule is C=C(/C=C\c1sc(N)nc1C)[C@H]1C[C@@]2(CO1)C[C@@H](n1ccc3c(N)ncnc31)[C@H](O)[C@@H]2O. The Morgan fingerprint density at radius 2 is 2.16 bits per heavy atom. The summed E-state index contributed by atoms with van der Waals surface area (Å²) in [5.74, 6) is 0.391. The summed E-state index contributed by atoms with van der Waals surface area (Å²) in [5, 5.41) is 23.2. The second kappa shape index (κ2) is 7.66. The summed E-state index contributed by atoms with van der Waals surface area (Å²) in [4.78, 5) is 13.6. The van der Waals surface area contributed by atoms with Gasteiger partial charge in [-0.25, -0.2) is 15.0 Å². The Morgan fingerprint density at radius 1 is 1.34 bits per heavy atom. The van der Waals surface area contributed by atoms with Crippen molar-refractivity contribution in [3.8, 4) is 0 Å². The Hall–Kier alpha value is -2.79. The number of thiazole rings is 1. The molecule has 9 nitrogen and oxygen atoms in total. The van der Waals surface area contributed by atoms with Crippen molar-refractivity contribution in [2.24, 2.45) is 5.41 Å². The average Bonchev–Trinajstić information content (AvgIpc) is 3.51. The minimum Gasteiger partial charge on any atom is -0.390 e. The van der Waals surface area contributed by atoms with E-state index in [1.165, 1.54) is 17.7 Å². The molecule has 4 heterocycles. The van der Waals surface area contributed by atoms with Crippen molar-refractivity contribution in [1.29, 1.82) is 0 Å². The molecule has 1 aliphatic heterocycles. The van der Waals surface area contributed by atoms with Crippen molar-refractivity contribution in [2.75, 3.05) is 18.1 Å². The number of nitrogens with two attached hydrogens (primary N) is 2. The maximum absolute atomic E-state index is 11.0. The molecule has 0 unspecified atom stereocenters. The highest BCUT2D eigenvalue weighted by atomic mass is 32.1. The molecule has 0 amide bonds. The Labute approximate surface area is 189 Å². The van der Waals surface area contributed by atoms with Crippen LogP contribution in [0.2, 0.25) is 0 Å². The molecule has 0 bridgehead atoms. The number of ether oxygens (including phenoxy) is 1. The van der Waals surface area contributed by atoms with E-state index in [-0.39, 0.29) is 12.1 Å². The molecule has 1 spiro atoms. The van der Waals surface area contributed by atoms with E-state index in [0.717, 1.165) is 21.5 Å². The third-order valence-corrected chi connectivity index (χ3v) is 7.69. The van der Waals surface area contributed by atoms with Gasteiger partial charge >= 0.3 is 0 Å². The first kappa shape index (κ1) is 21.1. The lowest BCUT2D eigenvalue weighted by Gasteiger charge is -2.26. The van der Waals surface area contributed by atoms with Crippen LogP contribution in [0.4, 0.5) is 10.9 Å². The van der Waals surface area contributed by atoms with Gasteiger partial charge in [-0.15, -0.1) is 0 Å². The maximum atomic E-state index is 11.0. The summed E-state index contributed by atoms with van der Waals surface area (Å²) >= 11 is 1.42. The van der Waals surface area contributed by atoms with Crippen molar-refractivity contribution < 1.29 is 14.9 Å². The average molecular weight is 455 g/mol. The predicted octanol–water partition coefficient (Wildman–Crippen LogP) is 2.07. The quantitative estimate of drug-likeness (QED) is 0.438. The fourth-order valence-electron chi connectivity index (χ4n) is 4.97. The van der Waals surface area contributed by atoms with Crippen LogP contribution in [0.3, 0.4) is 0 Å². The number of hydrogen-bond donors (Lipinski definition) is 4. The molecule has 5 atom stereocenters. The number of rotatable bonds is 4. The third kappa shape index (κ3) is 3.30. The number of fused-ring (bicyclic) bond motifs is 1. The third-order valence-electron chi connectivity index (χ3n) is 6.73. The summed E-state index contributed by atoms with van der Waals surface area (Å²) in [6, 6.07) is 1.49. The monoisotopic (exact) mass is 454 g/mol. The number of hydrogen-bond acceptors (Lipinski definition) is 9. The molecular formula is C22H26N6O3S. The molecule has 6 N–H and O–H groups in total. The van der Waals surface area contributed by atoms with Crippen LogP contribution in [0.5, 0.6) is 0 Å². The van der Waals surface area contributed by atoms with Gasteiger partial charge in [-0.1, -0.05) is 24.0 Å². The van der Waals surface area contributed by atoms with Crippen LogP contribution in [0.25, 0.3) is 17.1 Å². The Bertz CT molecular complexity index is 1220. The lowest BCUT2D eigenvalue weighted by atomic mass is 9.80. The highest BCUT2D eigenvalue weighted by molar-refractivity contribution is 7.16. The topological polar surface area (TPSA) is 145 Å². The standard InChI is InChI=1S/C22H26N6O3S/c1-11(3-4-16-12(2)27-21(24)32-16)15-8-22(9-31-15)7-14(17(29)18(22)30)28-6-5-13-19(23)25-10-26-20(13)28/h3-6,10,14-15,17-18,29-30H,1,7-9H2,2H3,(H2,24,27)(H2,23,25,26)/b4-3-/t14-,15-,17+,18+,22-/m1/s1. The van der Waals surface area contributed by atoms with Gasteiger partial charge in [-0.2, -0.15) is 0 Å². The highest BCUT2D eigenvalue weighted by Crippen LogP contribution is 2.52. The fourth-order valence-corrected chi connectivity index (χ4v) is 5.70. The molecule has 5 rings (SSSR count). The van der Waals surface area contributed by atoms with Gasteiger partial charge in [0.1, 0.15) is 23.9 Å². The molecule has 1 saturated heterocycles. The van der Waals surface area contributed by atoms with E-state index in [9.17, 15) is 10.2 Å². The summed E-state index contributed by atoms with van der Waals surface area (Å²) in [5.41, 5.74) is 13.5. The van der Waals surface area contributed by atoms with Crippen LogP contribution < -0.4 is 11.5 Å². The molecule has 3 aromatic rings. The van der Waals surface area contributed by atoms with Crippen LogP contribution in [-0.2, 0) is 4.74 Å². The van der Waals surface area contributed by atoms with E-state index < -0.39 is 17.6 Å². The second-order valence-corrected chi connectivity index (χ2v) is 9.76. The summed E-state index contributed by atoms with van der Waals surface area (Å²) in [7, 11) is 0. The van der Waals surface area contributed by atoms with Gasteiger partial charge in [0, 0.05) is 11.6 Å². The van der Waals surface area contributed by atoms with Gasteiger partial charge in [0.15, 0.2) is 5.13 Å². The van der Waals surface area contributed by atoms with E-state index in [1.54, 1.807) is 0 Å². The molecule has 32 heavy (non-hydrogen) atoms. The second-order valence-electron chi connectivity index (χ2n) is 8.70. The van der Waals surface area contributed by atoms with Gasteiger partial charge in [0.25, 0.3) is 0 Å². The maximum Gasteiger partial charge on any atom is 0.180 e. The van der Waals surface area contributed by atoms with Crippen molar-refractivity contribution in [3.63, 3.8) is 0 Å². The molecule has 10 heteroatoms. The largest absolute Gasteiger partial charge is 0.390 e. The first-order valence-corrected chi connectivity index (χ1v) is 11.3. The van der Waals surface area contributed by atoms with Gasteiger partial charge in [-0.3, -0.25) is 0 Å². The van der Waals surface area contributed by atoms with Crippen LogP contribution in [0.1, 0.15) is 29.5 Å². The first-order chi connectivity index (χ1) is 15.3. The van der Waals surface area contributed by atoms with Crippen molar-refractivity contribution in [2.45, 2.75) is 44.1 Å². The Kier molecular flexibility index (Phi) is 5.05. The van der Waals surface area contributed by atoms with Crippen LogP contribution >= 0.6 is 11.3 Å². The summed E-state index contributed by atoms with van der Waals surface area (Å²) in [6.45, 7) is 6.43. The molecule has 2 aliphatic rings. The number of aliphatic hydroxyl groups is 2. The lowest BCUT2D eigenvalue weighted by molar-refractivity contribution is -0.0306. The van der Waals surface area contributed by atoms with Crippen molar-refractivity contribution in [1.82, 2.24) is 19.5 Å². The zero-order chi connectivity index (χ0) is 22.6. The zero-order valence-corrected chi connectivity index (χ0v) is 18.5. The lowest BCUT2D eigenvalue weighted by Crippen LogP contribution is -2.37. The number of aryl methyl sites for hydroxylation is 1. The number of nitrogens with zero attached hydrogens (tertiary/aromatic N) is 4. The number of anilines is 2. The van der Waals surface area contributed by atoms with E-state index in [2.05, 4.69) is 21.5 Å². The van der Waals surface area contributed by atoms with Crippen LogP contribution in [0.15, 0.2) is 36.8 Å². The first-order valence-electron chi connectivity index (χ1n) is 10.4. The minimum absolute atomic E-state index is 0.239. The number of nitrogen functional groups attached to an aromatic ring is 2. The molecule has 3 aromatic heterocycles. The van der Waals surface area contributed by atoms with Crippen molar-refractivity contribution >= 4 is 39.4 Å². The van der Waals surface area contributed by atoms with E-state index in [1.807, 2.05) is 35.9 Å². The van der Waals surface area contributed by atoms with Gasteiger partial charge in [0.05, 0.1) is 40.8 Å². The van der Waals surface area contributed by atoms with Gasteiger partial charge < -0.3 is 31.0 Å². The Balaban J connectivity index is 1.35. The van der Waals surface area contributed by atoms with Crippen molar-refractivity contribution in [3.05, 3.63) is 47.4 Å². The molecule has 2 fully saturated rings. The Morgan fingerprint density at radius 3 is 2.91 bits per heavy atom. The number of aliphatic hydroxyl groups excluding tert-OH is 2. The molecule has 0 radical (unpaired) electrons. The zero-order valence-electron chi connectivity index (χ0n) is 17.7. The molecule has 0 aromatic carbocycles. The fraction of sp³-hybridized carbons (Fsp3) is 0.409. The normalized spacial score (nSPS) is 30.2. The van der Waals surface area contributed by atoms with Crippen LogP contribution in [-0.4, -0.2) is 54.7 Å².